The summed E-state index contributed by atoms with van der Waals surface area (Å²) in [7, 11) is 0. The molecule has 3 rings (SSSR count). The Labute approximate surface area is 120 Å². The van der Waals surface area contributed by atoms with Crippen LogP contribution in [0.4, 0.5) is 5.69 Å². The van der Waals surface area contributed by atoms with Crippen LogP contribution in [0.3, 0.4) is 0 Å². The van der Waals surface area contributed by atoms with Gasteiger partial charge in [-0.05, 0) is 30.1 Å². The van der Waals surface area contributed by atoms with Crippen molar-refractivity contribution in [2.75, 3.05) is 12.3 Å². The number of nitrogens with zero attached hydrogens (tertiary/aromatic N) is 3. The van der Waals surface area contributed by atoms with Gasteiger partial charge in [0.1, 0.15) is 6.54 Å². The van der Waals surface area contributed by atoms with Crippen molar-refractivity contribution in [3.63, 3.8) is 0 Å². The summed E-state index contributed by atoms with van der Waals surface area (Å²) in [6, 6.07) is 0.393. The van der Waals surface area contributed by atoms with E-state index >= 15 is 0 Å². The van der Waals surface area contributed by atoms with Crippen molar-refractivity contribution in [3.05, 3.63) is 12.4 Å². The first kappa shape index (κ1) is 13.5. The molecule has 1 aliphatic heterocycles. The van der Waals surface area contributed by atoms with Gasteiger partial charge >= 0.3 is 0 Å². The molecule has 2 heterocycles. The van der Waals surface area contributed by atoms with E-state index in [-0.39, 0.29) is 11.3 Å². The van der Waals surface area contributed by atoms with E-state index in [2.05, 4.69) is 30.8 Å². The minimum Gasteiger partial charge on any atom is -0.396 e. The quantitative estimate of drug-likeness (QED) is 0.897. The zero-order valence-electron chi connectivity index (χ0n) is 12.6. The lowest BCUT2D eigenvalue weighted by molar-refractivity contribution is -0.133. The van der Waals surface area contributed by atoms with Crippen molar-refractivity contribution < 1.29 is 4.79 Å². The third-order valence-corrected chi connectivity index (χ3v) is 4.69. The Balaban J connectivity index is 1.73. The van der Waals surface area contributed by atoms with E-state index in [1.807, 2.05) is 0 Å². The summed E-state index contributed by atoms with van der Waals surface area (Å²) in [5.41, 5.74) is 6.86. The Kier molecular flexibility index (Phi) is 2.85. The van der Waals surface area contributed by atoms with Crippen LogP contribution in [0.2, 0.25) is 0 Å². The van der Waals surface area contributed by atoms with Gasteiger partial charge in [-0.2, -0.15) is 5.10 Å². The third kappa shape index (κ3) is 2.41. The second-order valence-electron chi connectivity index (χ2n) is 7.71. The highest BCUT2D eigenvalue weighted by molar-refractivity contribution is 5.77. The number of aromatic nitrogens is 2. The highest BCUT2D eigenvalue weighted by Gasteiger charge is 2.50. The zero-order valence-corrected chi connectivity index (χ0v) is 12.6. The first-order valence-electron chi connectivity index (χ1n) is 7.34. The zero-order chi connectivity index (χ0) is 14.5. The van der Waals surface area contributed by atoms with Crippen LogP contribution < -0.4 is 5.73 Å². The number of carbonyl (C=O) groups excluding carboxylic acids is 1. The van der Waals surface area contributed by atoms with Crippen molar-refractivity contribution in [1.82, 2.24) is 14.7 Å². The van der Waals surface area contributed by atoms with Crippen LogP contribution in [-0.4, -0.2) is 33.2 Å². The van der Waals surface area contributed by atoms with Crippen molar-refractivity contribution in [2.24, 2.45) is 10.8 Å². The Hall–Kier alpha value is -1.52. The molecule has 1 saturated heterocycles. The highest BCUT2D eigenvalue weighted by atomic mass is 16.2. The van der Waals surface area contributed by atoms with E-state index in [0.29, 0.717) is 23.7 Å². The average molecular weight is 276 g/mol. The smallest absolute Gasteiger partial charge is 0.244 e. The molecule has 2 aliphatic rings. The minimum absolute atomic E-state index is 0.166. The Morgan fingerprint density at radius 1 is 1.45 bits per heavy atom. The highest BCUT2D eigenvalue weighted by Crippen LogP contribution is 2.52. The summed E-state index contributed by atoms with van der Waals surface area (Å²) < 4.78 is 1.63. The number of carbonyl (C=O) groups is 1. The van der Waals surface area contributed by atoms with Gasteiger partial charge < -0.3 is 10.6 Å². The van der Waals surface area contributed by atoms with Crippen LogP contribution in [-0.2, 0) is 11.3 Å². The molecule has 20 heavy (non-hydrogen) atoms. The van der Waals surface area contributed by atoms with Crippen molar-refractivity contribution in [1.29, 1.82) is 0 Å². The topological polar surface area (TPSA) is 64.2 Å². The number of hydrogen-bond donors (Lipinski definition) is 1. The first-order chi connectivity index (χ1) is 9.26. The maximum Gasteiger partial charge on any atom is 0.244 e. The molecule has 1 aliphatic carbocycles. The number of likely N-dealkylation sites (tertiary alicyclic amines) is 1. The van der Waals surface area contributed by atoms with E-state index in [0.717, 1.165) is 19.4 Å². The number of anilines is 1. The number of nitrogens with two attached hydrogens (primary N) is 1. The molecular weight excluding hydrogens is 252 g/mol. The standard InChI is InChI=1S/C15H24N4O/c1-14(2)4-12-5-15(3,9-14)10-19(12)13(20)8-18-7-11(16)6-17-18/h6-7,12H,4-5,8-10,16H2,1-3H3. The normalized spacial score (nSPS) is 31.6. The van der Waals surface area contributed by atoms with Gasteiger partial charge in [0.2, 0.25) is 5.91 Å². The fourth-order valence-corrected chi connectivity index (χ4v) is 4.45. The van der Waals surface area contributed by atoms with Gasteiger partial charge in [-0.15, -0.1) is 0 Å². The van der Waals surface area contributed by atoms with E-state index in [1.165, 1.54) is 6.42 Å². The van der Waals surface area contributed by atoms with Crippen LogP contribution in [0.5, 0.6) is 0 Å². The minimum atomic E-state index is 0.166. The fourth-order valence-electron chi connectivity index (χ4n) is 4.45. The number of rotatable bonds is 2. The Morgan fingerprint density at radius 2 is 2.20 bits per heavy atom. The molecule has 0 aromatic carbocycles. The third-order valence-electron chi connectivity index (χ3n) is 4.69. The van der Waals surface area contributed by atoms with Crippen LogP contribution >= 0.6 is 0 Å². The summed E-state index contributed by atoms with van der Waals surface area (Å²) >= 11 is 0. The molecule has 2 N–H and O–H groups in total. The molecule has 2 unspecified atom stereocenters. The number of nitrogen functional groups attached to an aromatic ring is 1. The molecule has 2 fully saturated rings. The molecule has 1 amide bonds. The van der Waals surface area contributed by atoms with Gasteiger partial charge in [0.05, 0.1) is 11.9 Å². The second kappa shape index (κ2) is 4.24. The average Bonchev–Trinajstić information content (AvgIpc) is 2.78. The fraction of sp³-hybridized carbons (Fsp3) is 0.733. The van der Waals surface area contributed by atoms with E-state index in [9.17, 15) is 4.79 Å². The van der Waals surface area contributed by atoms with Gasteiger partial charge in [0.15, 0.2) is 0 Å². The maximum atomic E-state index is 12.5. The first-order valence-corrected chi connectivity index (χ1v) is 7.34. The summed E-state index contributed by atoms with van der Waals surface area (Å²) in [5, 5.41) is 4.10. The lowest BCUT2D eigenvalue weighted by Gasteiger charge is -2.39. The van der Waals surface area contributed by atoms with Crippen LogP contribution in [0.15, 0.2) is 12.4 Å². The molecule has 1 saturated carbocycles. The Bertz CT molecular complexity index is 536. The van der Waals surface area contributed by atoms with Crippen molar-refractivity contribution >= 4 is 11.6 Å². The molecule has 1 aromatic heterocycles. The predicted molar refractivity (Wildman–Crippen MR) is 77.9 cm³/mol. The van der Waals surface area contributed by atoms with Crippen LogP contribution in [0, 0.1) is 10.8 Å². The summed E-state index contributed by atoms with van der Waals surface area (Å²) in [5.74, 6) is 0.166. The molecule has 2 atom stereocenters. The molecule has 5 nitrogen and oxygen atoms in total. The lowest BCUT2D eigenvalue weighted by Crippen LogP contribution is -2.39. The number of amides is 1. The van der Waals surface area contributed by atoms with Crippen LogP contribution in [0.1, 0.15) is 40.0 Å². The monoisotopic (exact) mass is 276 g/mol. The summed E-state index contributed by atoms with van der Waals surface area (Å²) in [6.07, 6.45) is 6.75. The molecular formula is C15H24N4O. The van der Waals surface area contributed by atoms with E-state index in [4.69, 9.17) is 5.73 Å². The molecule has 0 radical (unpaired) electrons. The predicted octanol–water partition coefficient (Wildman–Crippen LogP) is 1.89. The number of hydrogen-bond acceptors (Lipinski definition) is 3. The molecule has 0 spiro atoms. The lowest BCUT2D eigenvalue weighted by atomic mass is 9.65. The van der Waals surface area contributed by atoms with Crippen LogP contribution in [0.25, 0.3) is 0 Å². The van der Waals surface area contributed by atoms with Gasteiger partial charge in [-0.1, -0.05) is 20.8 Å². The molecule has 1 aromatic rings. The molecule has 5 heteroatoms. The SMILES string of the molecule is CC1(C)CC2CC(C)(CN2C(=O)Cn2cc(N)cn2)C1. The van der Waals surface area contributed by atoms with Gasteiger partial charge in [0.25, 0.3) is 0 Å². The molecule has 110 valence electrons. The van der Waals surface area contributed by atoms with Gasteiger partial charge in [-0.3, -0.25) is 9.48 Å². The number of fused-ring (bicyclic) bond motifs is 2. The van der Waals surface area contributed by atoms with Gasteiger partial charge in [0, 0.05) is 18.8 Å². The Morgan fingerprint density at radius 3 is 2.85 bits per heavy atom. The summed E-state index contributed by atoms with van der Waals surface area (Å²) in [6.45, 7) is 8.14. The van der Waals surface area contributed by atoms with E-state index in [1.54, 1.807) is 17.1 Å². The largest absolute Gasteiger partial charge is 0.396 e. The van der Waals surface area contributed by atoms with Crippen molar-refractivity contribution in [2.45, 2.75) is 52.6 Å². The van der Waals surface area contributed by atoms with Gasteiger partial charge in [-0.25, -0.2) is 0 Å². The van der Waals surface area contributed by atoms with E-state index < -0.39 is 0 Å². The maximum absolute atomic E-state index is 12.5. The second-order valence-corrected chi connectivity index (χ2v) is 7.71. The molecule has 2 bridgehead atoms. The van der Waals surface area contributed by atoms with Crippen molar-refractivity contribution in [3.8, 4) is 0 Å². The summed E-state index contributed by atoms with van der Waals surface area (Å²) in [4.78, 5) is 14.6.